The van der Waals surface area contributed by atoms with Gasteiger partial charge in [-0.2, -0.15) is 0 Å². The molecule has 0 saturated heterocycles. The van der Waals surface area contributed by atoms with Gasteiger partial charge in [0.1, 0.15) is 5.82 Å². The van der Waals surface area contributed by atoms with Crippen molar-refractivity contribution < 1.29 is 23.8 Å². The van der Waals surface area contributed by atoms with Crippen LogP contribution in [0.2, 0.25) is 0 Å². The van der Waals surface area contributed by atoms with Crippen molar-refractivity contribution in [2.24, 2.45) is 0 Å². The highest BCUT2D eigenvalue weighted by Crippen LogP contribution is 2.36. The van der Waals surface area contributed by atoms with Gasteiger partial charge in [0.2, 0.25) is 0 Å². The first-order valence-electron chi connectivity index (χ1n) is 7.89. The van der Waals surface area contributed by atoms with Crippen LogP contribution in [0.15, 0.2) is 52.9 Å². The molecule has 0 amide bonds. The molecule has 0 bridgehead atoms. The average Bonchev–Trinajstić information content (AvgIpc) is 3.27. The Hall–Kier alpha value is -3.54. The van der Waals surface area contributed by atoms with E-state index in [-0.39, 0.29) is 16.9 Å². The molecule has 0 saturated carbocycles. The Morgan fingerprint density at radius 3 is 2.46 bits per heavy atom. The van der Waals surface area contributed by atoms with E-state index in [0.717, 1.165) is 17.3 Å². The van der Waals surface area contributed by atoms with Gasteiger partial charge in [0, 0.05) is 17.1 Å². The summed E-state index contributed by atoms with van der Waals surface area (Å²) in [4.78, 5) is 14.1. The molecule has 2 aromatic carbocycles. The first kappa shape index (κ1) is 16.0. The first-order valence-corrected chi connectivity index (χ1v) is 7.89. The number of carbonyl (C=O) groups is 1. The standard InChI is InChI=1S/C20H14FNO4/c1-10-13-8-18(26-19(13)17(23)9-14(10)21)16-7-6-15(22-16)11-2-4-12(5-3-11)20(24)25/h2-9,22-23H,1H3,(H,24,25). The number of aromatic carboxylic acids is 1. The Balaban J connectivity index is 1.74. The van der Waals surface area contributed by atoms with Gasteiger partial charge in [0.15, 0.2) is 17.1 Å². The molecule has 0 aliphatic rings. The third-order valence-electron chi connectivity index (χ3n) is 4.38. The monoisotopic (exact) mass is 351 g/mol. The fourth-order valence-electron chi connectivity index (χ4n) is 2.91. The van der Waals surface area contributed by atoms with Crippen LogP contribution in [0.5, 0.6) is 5.75 Å². The second-order valence-electron chi connectivity index (χ2n) is 6.02. The Morgan fingerprint density at radius 1 is 1.08 bits per heavy atom. The quantitative estimate of drug-likeness (QED) is 0.488. The molecule has 5 nitrogen and oxygen atoms in total. The average molecular weight is 351 g/mol. The van der Waals surface area contributed by atoms with Crippen LogP contribution in [0.25, 0.3) is 33.7 Å². The second kappa shape index (κ2) is 5.77. The number of fused-ring (bicyclic) bond motifs is 1. The number of carboxylic acid groups (broad SMARTS) is 1. The number of nitrogens with one attached hydrogen (secondary N) is 1. The number of H-pyrrole nitrogens is 1. The van der Waals surface area contributed by atoms with E-state index in [1.807, 2.05) is 6.07 Å². The molecule has 26 heavy (non-hydrogen) atoms. The van der Waals surface area contributed by atoms with Gasteiger partial charge >= 0.3 is 5.97 Å². The second-order valence-corrected chi connectivity index (χ2v) is 6.02. The van der Waals surface area contributed by atoms with Crippen LogP contribution < -0.4 is 0 Å². The van der Waals surface area contributed by atoms with E-state index < -0.39 is 11.8 Å². The summed E-state index contributed by atoms with van der Waals surface area (Å²) in [7, 11) is 0. The highest BCUT2D eigenvalue weighted by molar-refractivity contribution is 5.90. The van der Waals surface area contributed by atoms with E-state index in [1.54, 1.807) is 31.2 Å². The summed E-state index contributed by atoms with van der Waals surface area (Å²) in [6.45, 7) is 1.63. The minimum absolute atomic E-state index is 0.214. The number of aromatic nitrogens is 1. The SMILES string of the molecule is Cc1c(F)cc(O)c2oc(-c3ccc(-c4ccc(C(=O)O)cc4)[nH]3)cc12. The normalized spacial score (nSPS) is 11.2. The molecule has 2 aromatic heterocycles. The van der Waals surface area contributed by atoms with Crippen molar-refractivity contribution in [3.8, 4) is 28.5 Å². The van der Waals surface area contributed by atoms with Crippen molar-refractivity contribution in [3.63, 3.8) is 0 Å². The van der Waals surface area contributed by atoms with Crippen molar-refractivity contribution >= 4 is 16.9 Å². The fourth-order valence-corrected chi connectivity index (χ4v) is 2.91. The highest BCUT2D eigenvalue weighted by atomic mass is 19.1. The van der Waals surface area contributed by atoms with Crippen LogP contribution in [-0.2, 0) is 0 Å². The smallest absolute Gasteiger partial charge is 0.335 e. The highest BCUT2D eigenvalue weighted by Gasteiger charge is 2.16. The number of carboxylic acids is 1. The Bertz CT molecular complexity index is 1140. The lowest BCUT2D eigenvalue weighted by molar-refractivity contribution is 0.0697. The van der Waals surface area contributed by atoms with E-state index in [2.05, 4.69) is 4.98 Å². The maximum absolute atomic E-state index is 13.8. The Kier molecular flexibility index (Phi) is 3.54. The van der Waals surface area contributed by atoms with Gasteiger partial charge < -0.3 is 19.6 Å². The van der Waals surface area contributed by atoms with Gasteiger partial charge in [-0.15, -0.1) is 0 Å². The Morgan fingerprint density at radius 2 is 1.77 bits per heavy atom. The molecule has 0 spiro atoms. The molecule has 0 aliphatic heterocycles. The van der Waals surface area contributed by atoms with Gasteiger partial charge in [0.05, 0.1) is 11.3 Å². The predicted octanol–water partition coefficient (Wildman–Crippen LogP) is 4.95. The van der Waals surface area contributed by atoms with Crippen LogP contribution in [0.1, 0.15) is 15.9 Å². The third-order valence-corrected chi connectivity index (χ3v) is 4.38. The number of furan rings is 1. The van der Waals surface area contributed by atoms with Crippen LogP contribution in [0.4, 0.5) is 4.39 Å². The zero-order valence-electron chi connectivity index (χ0n) is 13.7. The van der Waals surface area contributed by atoms with Crippen LogP contribution in [0.3, 0.4) is 0 Å². The summed E-state index contributed by atoms with van der Waals surface area (Å²) >= 11 is 0. The van der Waals surface area contributed by atoms with Gasteiger partial charge in [-0.3, -0.25) is 0 Å². The van der Waals surface area contributed by atoms with Crippen molar-refractivity contribution in [3.05, 3.63) is 65.5 Å². The number of rotatable bonds is 3. The maximum Gasteiger partial charge on any atom is 0.335 e. The van der Waals surface area contributed by atoms with Gasteiger partial charge in [0.25, 0.3) is 0 Å². The molecule has 2 heterocycles. The lowest BCUT2D eigenvalue weighted by Crippen LogP contribution is -1.94. The van der Waals surface area contributed by atoms with Crippen molar-refractivity contribution in [1.82, 2.24) is 4.98 Å². The summed E-state index contributed by atoms with van der Waals surface area (Å²) in [6.07, 6.45) is 0. The predicted molar refractivity (Wildman–Crippen MR) is 94.8 cm³/mol. The number of benzene rings is 2. The number of aryl methyl sites for hydroxylation is 1. The largest absolute Gasteiger partial charge is 0.504 e. The number of hydrogen-bond donors (Lipinski definition) is 3. The molecule has 130 valence electrons. The fraction of sp³-hybridized carbons (Fsp3) is 0.0500. The maximum atomic E-state index is 13.8. The van der Waals surface area contributed by atoms with Crippen molar-refractivity contribution in [2.75, 3.05) is 0 Å². The molecule has 3 N–H and O–H groups in total. The summed E-state index contributed by atoms with van der Waals surface area (Å²) < 4.78 is 19.5. The summed E-state index contributed by atoms with van der Waals surface area (Å²) in [5.74, 6) is -1.25. The molecule has 0 atom stereocenters. The number of aromatic hydroxyl groups is 1. The lowest BCUT2D eigenvalue weighted by Gasteiger charge is -1.99. The molecule has 0 unspecified atom stereocenters. The third kappa shape index (κ3) is 2.52. The zero-order valence-corrected chi connectivity index (χ0v) is 13.7. The first-order chi connectivity index (χ1) is 12.4. The topological polar surface area (TPSA) is 86.5 Å². The number of phenols is 1. The minimum Gasteiger partial charge on any atom is -0.504 e. The zero-order chi connectivity index (χ0) is 18.4. The lowest BCUT2D eigenvalue weighted by atomic mass is 10.1. The Labute approximate surface area is 147 Å². The van der Waals surface area contributed by atoms with E-state index in [9.17, 15) is 14.3 Å². The molecular weight excluding hydrogens is 337 g/mol. The summed E-state index contributed by atoms with van der Waals surface area (Å²) in [5, 5.41) is 19.4. The number of phenolic OH excluding ortho intramolecular Hbond substituents is 1. The number of hydrogen-bond acceptors (Lipinski definition) is 3. The molecule has 0 aliphatic carbocycles. The molecule has 4 rings (SSSR count). The van der Waals surface area contributed by atoms with E-state index in [0.29, 0.717) is 22.4 Å². The summed E-state index contributed by atoms with van der Waals surface area (Å²) in [5.41, 5.74) is 3.13. The number of halogens is 1. The van der Waals surface area contributed by atoms with Crippen LogP contribution in [0, 0.1) is 12.7 Å². The van der Waals surface area contributed by atoms with Crippen LogP contribution >= 0.6 is 0 Å². The van der Waals surface area contributed by atoms with E-state index in [4.69, 9.17) is 9.52 Å². The van der Waals surface area contributed by atoms with Gasteiger partial charge in [-0.05, 0) is 48.4 Å². The molecule has 4 aromatic rings. The molecule has 0 radical (unpaired) electrons. The van der Waals surface area contributed by atoms with Crippen molar-refractivity contribution in [1.29, 1.82) is 0 Å². The molecular formula is C20H14FNO4. The van der Waals surface area contributed by atoms with Gasteiger partial charge in [-0.1, -0.05) is 12.1 Å². The minimum atomic E-state index is -0.978. The van der Waals surface area contributed by atoms with Gasteiger partial charge in [-0.25, -0.2) is 9.18 Å². The van der Waals surface area contributed by atoms with Crippen LogP contribution in [-0.4, -0.2) is 21.2 Å². The van der Waals surface area contributed by atoms with E-state index >= 15 is 0 Å². The molecule has 0 fully saturated rings. The summed E-state index contributed by atoms with van der Waals surface area (Å²) in [6, 6.07) is 12.8. The van der Waals surface area contributed by atoms with E-state index in [1.165, 1.54) is 12.1 Å². The molecule has 6 heteroatoms. The van der Waals surface area contributed by atoms with Crippen molar-refractivity contribution in [2.45, 2.75) is 6.92 Å². The number of aromatic amines is 1.